The molecule has 1 aliphatic rings. The second kappa shape index (κ2) is 5.13. The predicted molar refractivity (Wildman–Crippen MR) is 85.8 cm³/mol. The molecule has 0 fully saturated rings. The Kier molecular flexibility index (Phi) is 3.29. The number of hydrogen-bond acceptors (Lipinski definition) is 3. The molecule has 0 saturated heterocycles. The Bertz CT molecular complexity index is 664. The van der Waals surface area contributed by atoms with E-state index in [0.29, 0.717) is 0 Å². The van der Waals surface area contributed by atoms with Crippen LogP contribution in [0.4, 0.5) is 11.4 Å². The van der Waals surface area contributed by atoms with Gasteiger partial charge in [-0.1, -0.05) is 24.3 Å². The molecule has 1 aliphatic heterocycles. The third kappa shape index (κ3) is 2.33. The second-order valence-electron chi connectivity index (χ2n) is 5.49. The van der Waals surface area contributed by atoms with Crippen molar-refractivity contribution in [3.8, 4) is 0 Å². The molecule has 0 bridgehead atoms. The summed E-state index contributed by atoms with van der Waals surface area (Å²) in [5.41, 5.74) is 3.90. The van der Waals surface area contributed by atoms with E-state index in [9.17, 15) is 4.79 Å². The SMILES string of the molecule is CN(C)c1ccc([C@H]2NC(=O)c3ccccc3N2C)cc1. The molecule has 2 aromatic carbocycles. The molecule has 1 N–H and O–H groups in total. The fraction of sp³-hybridized carbons (Fsp3) is 0.235. The predicted octanol–water partition coefficient (Wildman–Crippen LogP) is 2.63. The number of anilines is 2. The lowest BCUT2D eigenvalue weighted by molar-refractivity contribution is 0.0928. The van der Waals surface area contributed by atoms with E-state index < -0.39 is 0 Å². The molecule has 4 heteroatoms. The van der Waals surface area contributed by atoms with Crippen LogP contribution in [0.25, 0.3) is 0 Å². The first-order valence-electron chi connectivity index (χ1n) is 6.98. The van der Waals surface area contributed by atoms with Crippen molar-refractivity contribution in [2.45, 2.75) is 6.17 Å². The van der Waals surface area contributed by atoms with Crippen molar-refractivity contribution in [3.05, 3.63) is 59.7 Å². The minimum absolute atomic E-state index is 0.0228. The maximum Gasteiger partial charge on any atom is 0.255 e. The van der Waals surface area contributed by atoms with Crippen LogP contribution in [0, 0.1) is 0 Å². The lowest BCUT2D eigenvalue weighted by Crippen LogP contribution is -2.44. The Hall–Kier alpha value is -2.49. The first-order chi connectivity index (χ1) is 10.1. The average Bonchev–Trinajstić information content (AvgIpc) is 2.51. The van der Waals surface area contributed by atoms with E-state index in [1.165, 1.54) is 0 Å². The fourth-order valence-corrected chi connectivity index (χ4v) is 2.67. The van der Waals surface area contributed by atoms with Crippen molar-refractivity contribution in [3.63, 3.8) is 0 Å². The minimum Gasteiger partial charge on any atom is -0.378 e. The molecule has 0 unspecified atom stereocenters. The van der Waals surface area contributed by atoms with Crippen LogP contribution in [0.15, 0.2) is 48.5 Å². The highest BCUT2D eigenvalue weighted by atomic mass is 16.2. The molecular formula is C17H19N3O. The van der Waals surface area contributed by atoms with E-state index in [-0.39, 0.29) is 12.1 Å². The van der Waals surface area contributed by atoms with Gasteiger partial charge in [0.1, 0.15) is 6.17 Å². The third-order valence-corrected chi connectivity index (χ3v) is 3.91. The Labute approximate surface area is 125 Å². The zero-order valence-corrected chi connectivity index (χ0v) is 12.5. The zero-order chi connectivity index (χ0) is 15.0. The van der Waals surface area contributed by atoms with E-state index >= 15 is 0 Å². The van der Waals surface area contributed by atoms with Crippen LogP contribution in [-0.4, -0.2) is 27.1 Å². The Morgan fingerprint density at radius 1 is 1.05 bits per heavy atom. The van der Waals surface area contributed by atoms with Crippen molar-refractivity contribution < 1.29 is 4.79 Å². The second-order valence-corrected chi connectivity index (χ2v) is 5.49. The van der Waals surface area contributed by atoms with Crippen LogP contribution in [0.2, 0.25) is 0 Å². The molecule has 2 aromatic rings. The molecule has 0 spiro atoms. The van der Waals surface area contributed by atoms with Crippen molar-refractivity contribution in [2.75, 3.05) is 30.9 Å². The topological polar surface area (TPSA) is 35.6 Å². The van der Waals surface area contributed by atoms with Crippen LogP contribution in [0.3, 0.4) is 0 Å². The van der Waals surface area contributed by atoms with Gasteiger partial charge in [0.15, 0.2) is 0 Å². The van der Waals surface area contributed by atoms with E-state index in [1.54, 1.807) is 0 Å². The van der Waals surface area contributed by atoms with Gasteiger partial charge in [-0.2, -0.15) is 0 Å². The summed E-state index contributed by atoms with van der Waals surface area (Å²) in [6, 6.07) is 15.9. The Morgan fingerprint density at radius 2 is 1.71 bits per heavy atom. The van der Waals surface area contributed by atoms with Gasteiger partial charge in [0.2, 0.25) is 0 Å². The molecule has 108 valence electrons. The Morgan fingerprint density at radius 3 is 2.38 bits per heavy atom. The average molecular weight is 281 g/mol. The molecule has 0 saturated carbocycles. The van der Waals surface area contributed by atoms with Gasteiger partial charge in [-0.05, 0) is 29.8 Å². The zero-order valence-electron chi connectivity index (χ0n) is 12.5. The highest BCUT2D eigenvalue weighted by Gasteiger charge is 2.28. The summed E-state index contributed by atoms with van der Waals surface area (Å²) in [7, 11) is 6.03. The summed E-state index contributed by atoms with van der Waals surface area (Å²) in [4.78, 5) is 16.4. The third-order valence-electron chi connectivity index (χ3n) is 3.91. The molecule has 0 radical (unpaired) electrons. The van der Waals surface area contributed by atoms with Gasteiger partial charge in [0.25, 0.3) is 5.91 Å². The van der Waals surface area contributed by atoms with Crippen LogP contribution in [0.5, 0.6) is 0 Å². The minimum atomic E-state index is -0.136. The molecule has 3 rings (SSSR count). The van der Waals surface area contributed by atoms with E-state index in [4.69, 9.17) is 0 Å². The largest absolute Gasteiger partial charge is 0.378 e. The number of nitrogens with zero attached hydrogens (tertiary/aromatic N) is 2. The van der Waals surface area contributed by atoms with E-state index in [0.717, 1.165) is 22.5 Å². The summed E-state index contributed by atoms with van der Waals surface area (Å²) < 4.78 is 0. The summed E-state index contributed by atoms with van der Waals surface area (Å²) >= 11 is 0. The van der Waals surface area contributed by atoms with E-state index in [1.807, 2.05) is 45.4 Å². The van der Waals surface area contributed by atoms with Crippen molar-refractivity contribution in [1.82, 2.24) is 5.32 Å². The van der Waals surface area contributed by atoms with Gasteiger partial charge >= 0.3 is 0 Å². The van der Waals surface area contributed by atoms with Crippen molar-refractivity contribution in [1.29, 1.82) is 0 Å². The number of benzene rings is 2. The van der Waals surface area contributed by atoms with Gasteiger partial charge in [-0.3, -0.25) is 4.79 Å². The van der Waals surface area contributed by atoms with E-state index in [2.05, 4.69) is 39.4 Å². The molecule has 4 nitrogen and oxygen atoms in total. The van der Waals surface area contributed by atoms with Gasteiger partial charge in [0.05, 0.1) is 11.3 Å². The number of amides is 1. The summed E-state index contributed by atoms with van der Waals surface area (Å²) in [5.74, 6) is -0.0228. The molecular weight excluding hydrogens is 262 g/mol. The molecule has 0 aliphatic carbocycles. The Balaban J connectivity index is 1.95. The molecule has 1 heterocycles. The monoisotopic (exact) mass is 281 g/mol. The smallest absolute Gasteiger partial charge is 0.255 e. The molecule has 21 heavy (non-hydrogen) atoms. The fourth-order valence-electron chi connectivity index (χ4n) is 2.67. The van der Waals surface area contributed by atoms with Gasteiger partial charge in [0, 0.05) is 26.8 Å². The number of rotatable bonds is 2. The quantitative estimate of drug-likeness (QED) is 0.919. The number of fused-ring (bicyclic) bond motifs is 1. The van der Waals surface area contributed by atoms with Gasteiger partial charge < -0.3 is 15.1 Å². The number of nitrogens with one attached hydrogen (secondary N) is 1. The molecule has 0 aromatic heterocycles. The van der Waals surface area contributed by atoms with Crippen LogP contribution < -0.4 is 15.1 Å². The molecule has 1 atom stereocenters. The summed E-state index contributed by atoms with van der Waals surface area (Å²) in [6.45, 7) is 0. The van der Waals surface area contributed by atoms with Crippen molar-refractivity contribution in [2.24, 2.45) is 0 Å². The summed E-state index contributed by atoms with van der Waals surface area (Å²) in [5, 5.41) is 3.06. The van der Waals surface area contributed by atoms with Crippen LogP contribution in [0.1, 0.15) is 22.1 Å². The number of carbonyl (C=O) groups is 1. The first-order valence-corrected chi connectivity index (χ1v) is 6.98. The highest BCUT2D eigenvalue weighted by Crippen LogP contribution is 2.31. The number of para-hydroxylation sites is 1. The van der Waals surface area contributed by atoms with Crippen molar-refractivity contribution >= 4 is 17.3 Å². The first kappa shape index (κ1) is 13.5. The van der Waals surface area contributed by atoms with Crippen LogP contribution >= 0.6 is 0 Å². The standard InChI is InChI=1S/C17H19N3O/c1-19(2)13-10-8-12(9-11-13)16-18-17(21)14-6-4-5-7-15(14)20(16)3/h4-11,16H,1-3H3,(H,18,21)/t16-/m0/s1. The molecule has 1 amide bonds. The van der Waals surface area contributed by atoms with Gasteiger partial charge in [-0.25, -0.2) is 0 Å². The number of hydrogen-bond donors (Lipinski definition) is 1. The van der Waals surface area contributed by atoms with Gasteiger partial charge in [-0.15, -0.1) is 0 Å². The number of carbonyl (C=O) groups excluding carboxylic acids is 1. The maximum atomic E-state index is 12.2. The van der Waals surface area contributed by atoms with Crippen LogP contribution in [-0.2, 0) is 0 Å². The summed E-state index contributed by atoms with van der Waals surface area (Å²) in [6.07, 6.45) is -0.136. The maximum absolute atomic E-state index is 12.2. The normalized spacial score (nSPS) is 17.2. The lowest BCUT2D eigenvalue weighted by atomic mass is 10.0. The lowest BCUT2D eigenvalue weighted by Gasteiger charge is -2.36. The highest BCUT2D eigenvalue weighted by molar-refractivity contribution is 6.01.